The quantitative estimate of drug-likeness (QED) is 0.618. The van der Waals surface area contributed by atoms with E-state index in [1.807, 2.05) is 35.0 Å². The standard InChI is InChI=1S/C17H18N4.HI/c1-3-12-21-16-7-5-4-6-15(16)17(19-20-21)18-14-10-8-13(2)9-11-14;/h4-11H,3,12H2,1-2H3;1H. The van der Waals surface area contributed by atoms with E-state index in [1.54, 1.807) is 0 Å². The van der Waals surface area contributed by atoms with Gasteiger partial charge >= 0.3 is 0 Å². The van der Waals surface area contributed by atoms with Crippen LogP contribution in [0.4, 0.5) is 5.69 Å². The van der Waals surface area contributed by atoms with Crippen molar-refractivity contribution in [3.05, 3.63) is 59.6 Å². The van der Waals surface area contributed by atoms with Gasteiger partial charge in [-0.15, -0.1) is 29.1 Å². The van der Waals surface area contributed by atoms with Crippen LogP contribution in [0.15, 0.2) is 53.5 Å². The highest BCUT2D eigenvalue weighted by Gasteiger charge is 2.02. The number of benzene rings is 2. The lowest BCUT2D eigenvalue weighted by molar-refractivity contribution is 0.568. The maximum absolute atomic E-state index is 4.62. The highest BCUT2D eigenvalue weighted by atomic mass is 127. The van der Waals surface area contributed by atoms with Crippen LogP contribution >= 0.6 is 24.0 Å². The van der Waals surface area contributed by atoms with Gasteiger partial charge in [-0.1, -0.05) is 42.0 Å². The van der Waals surface area contributed by atoms with Crippen LogP contribution in [0.1, 0.15) is 18.9 Å². The predicted octanol–water partition coefficient (Wildman–Crippen LogP) is 4.00. The van der Waals surface area contributed by atoms with Crippen molar-refractivity contribution in [1.29, 1.82) is 0 Å². The summed E-state index contributed by atoms with van der Waals surface area (Å²) >= 11 is 0. The second-order valence-electron chi connectivity index (χ2n) is 5.10. The zero-order valence-corrected chi connectivity index (χ0v) is 15.1. The largest absolute Gasteiger partial charge is 0.246 e. The first-order chi connectivity index (χ1) is 10.3. The van der Waals surface area contributed by atoms with Crippen molar-refractivity contribution in [2.45, 2.75) is 26.8 Å². The van der Waals surface area contributed by atoms with Gasteiger partial charge in [0.25, 0.3) is 0 Å². The Kier molecular flexibility index (Phi) is 5.65. The smallest absolute Gasteiger partial charge is 0.186 e. The minimum absolute atomic E-state index is 0. The van der Waals surface area contributed by atoms with E-state index in [0.29, 0.717) is 5.49 Å². The molecule has 0 aliphatic carbocycles. The van der Waals surface area contributed by atoms with Crippen LogP contribution in [0.2, 0.25) is 0 Å². The van der Waals surface area contributed by atoms with Gasteiger partial charge in [-0.05, 0) is 37.6 Å². The summed E-state index contributed by atoms with van der Waals surface area (Å²) in [4.78, 5) is 4.62. The molecule has 4 nitrogen and oxygen atoms in total. The number of rotatable bonds is 3. The van der Waals surface area contributed by atoms with Gasteiger partial charge in [0.1, 0.15) is 0 Å². The molecule has 3 aromatic rings. The van der Waals surface area contributed by atoms with Gasteiger partial charge in [-0.2, -0.15) is 0 Å². The summed E-state index contributed by atoms with van der Waals surface area (Å²) in [5.74, 6) is 0. The lowest BCUT2D eigenvalue weighted by Crippen LogP contribution is -2.18. The van der Waals surface area contributed by atoms with Crippen molar-refractivity contribution in [3.63, 3.8) is 0 Å². The Morgan fingerprint density at radius 1 is 1.05 bits per heavy atom. The first kappa shape index (κ1) is 16.6. The molecular weight excluding hydrogens is 387 g/mol. The Bertz CT molecular complexity index is 822. The van der Waals surface area contributed by atoms with Gasteiger partial charge in [-0.3, -0.25) is 0 Å². The van der Waals surface area contributed by atoms with E-state index in [2.05, 4.69) is 47.4 Å². The number of para-hydroxylation sites is 1. The number of hydrogen-bond donors (Lipinski definition) is 0. The maximum atomic E-state index is 4.62. The Morgan fingerprint density at radius 3 is 2.50 bits per heavy atom. The Labute approximate surface area is 146 Å². The van der Waals surface area contributed by atoms with Gasteiger partial charge in [0.15, 0.2) is 5.49 Å². The van der Waals surface area contributed by atoms with Crippen molar-refractivity contribution >= 4 is 40.6 Å². The average molecular weight is 406 g/mol. The van der Waals surface area contributed by atoms with Crippen molar-refractivity contribution in [2.75, 3.05) is 0 Å². The normalized spacial score (nSPS) is 11.5. The third-order valence-corrected chi connectivity index (χ3v) is 3.37. The Hall–Kier alpha value is -1.76. The highest BCUT2D eigenvalue weighted by molar-refractivity contribution is 14.0. The molecule has 0 saturated carbocycles. The molecule has 114 valence electrons. The zero-order chi connectivity index (χ0) is 14.7. The monoisotopic (exact) mass is 406 g/mol. The van der Waals surface area contributed by atoms with Crippen molar-refractivity contribution in [3.8, 4) is 0 Å². The summed E-state index contributed by atoms with van der Waals surface area (Å²) in [5, 5.41) is 9.60. The van der Waals surface area contributed by atoms with Crippen LogP contribution in [0, 0.1) is 6.92 Å². The molecule has 0 fully saturated rings. The fraction of sp³-hybridized carbons (Fsp3) is 0.235. The van der Waals surface area contributed by atoms with Crippen molar-refractivity contribution in [1.82, 2.24) is 15.0 Å². The molecule has 1 aromatic heterocycles. The van der Waals surface area contributed by atoms with E-state index >= 15 is 0 Å². The molecule has 0 saturated heterocycles. The topological polar surface area (TPSA) is 43.1 Å². The summed E-state index contributed by atoms with van der Waals surface area (Å²) in [6.07, 6.45) is 1.03. The van der Waals surface area contributed by atoms with Crippen molar-refractivity contribution in [2.24, 2.45) is 4.99 Å². The molecule has 5 heteroatoms. The van der Waals surface area contributed by atoms with Crippen LogP contribution in [0.5, 0.6) is 0 Å². The molecule has 1 heterocycles. The van der Waals surface area contributed by atoms with Crippen LogP contribution < -0.4 is 5.49 Å². The van der Waals surface area contributed by atoms with Gasteiger partial charge in [0.2, 0.25) is 0 Å². The number of nitrogens with zero attached hydrogens (tertiary/aromatic N) is 4. The fourth-order valence-corrected chi connectivity index (χ4v) is 2.29. The molecule has 0 spiro atoms. The van der Waals surface area contributed by atoms with Crippen LogP contribution in [-0.2, 0) is 6.54 Å². The van der Waals surface area contributed by atoms with E-state index < -0.39 is 0 Å². The van der Waals surface area contributed by atoms with Crippen molar-refractivity contribution < 1.29 is 0 Å². The second kappa shape index (κ2) is 7.49. The summed E-state index contributed by atoms with van der Waals surface area (Å²) in [6, 6.07) is 16.2. The molecule has 0 unspecified atom stereocenters. The number of fused-ring (bicyclic) bond motifs is 1. The van der Waals surface area contributed by atoms with E-state index in [9.17, 15) is 0 Å². The molecule has 22 heavy (non-hydrogen) atoms. The minimum Gasteiger partial charge on any atom is -0.246 e. The summed E-state index contributed by atoms with van der Waals surface area (Å²) in [6.45, 7) is 5.06. The maximum Gasteiger partial charge on any atom is 0.186 e. The molecular formula is C17H19IN4. The molecule has 3 rings (SSSR count). The molecule has 0 atom stereocenters. The lowest BCUT2D eigenvalue weighted by atomic mass is 10.2. The predicted molar refractivity (Wildman–Crippen MR) is 99.6 cm³/mol. The average Bonchev–Trinajstić information content (AvgIpc) is 2.52. The summed E-state index contributed by atoms with van der Waals surface area (Å²) < 4.78 is 1.93. The third kappa shape index (κ3) is 3.52. The molecule has 0 N–H and O–H groups in total. The van der Waals surface area contributed by atoms with Gasteiger partial charge < -0.3 is 0 Å². The molecule has 2 aromatic carbocycles. The molecule has 0 amide bonds. The number of aryl methyl sites for hydroxylation is 2. The number of hydrogen-bond acceptors (Lipinski definition) is 3. The molecule has 0 bridgehead atoms. The first-order valence-electron chi connectivity index (χ1n) is 7.22. The SMILES string of the molecule is CCCn1nnc(=Nc2ccc(C)cc2)c2ccccc21.I. The Balaban J connectivity index is 0.00000176. The zero-order valence-electron chi connectivity index (χ0n) is 12.7. The number of halogens is 1. The van der Waals surface area contributed by atoms with E-state index in [4.69, 9.17) is 0 Å². The highest BCUT2D eigenvalue weighted by Crippen LogP contribution is 2.13. The third-order valence-electron chi connectivity index (χ3n) is 3.37. The van der Waals surface area contributed by atoms with Gasteiger partial charge in [-0.25, -0.2) is 9.67 Å². The molecule has 0 radical (unpaired) electrons. The Morgan fingerprint density at radius 2 is 1.77 bits per heavy atom. The van der Waals surface area contributed by atoms with Crippen LogP contribution in [0.3, 0.4) is 0 Å². The van der Waals surface area contributed by atoms with Crippen LogP contribution in [0.25, 0.3) is 10.9 Å². The van der Waals surface area contributed by atoms with E-state index in [0.717, 1.165) is 29.6 Å². The van der Waals surface area contributed by atoms with Gasteiger partial charge in [0, 0.05) is 11.9 Å². The second-order valence-corrected chi connectivity index (χ2v) is 5.10. The van der Waals surface area contributed by atoms with Crippen LogP contribution in [-0.4, -0.2) is 15.0 Å². The minimum atomic E-state index is 0. The molecule has 0 aliphatic rings. The summed E-state index contributed by atoms with van der Waals surface area (Å²) in [5.41, 5.74) is 3.86. The van der Waals surface area contributed by atoms with E-state index in [-0.39, 0.29) is 24.0 Å². The van der Waals surface area contributed by atoms with Gasteiger partial charge in [0.05, 0.1) is 11.2 Å². The van der Waals surface area contributed by atoms with E-state index in [1.165, 1.54) is 5.56 Å². The summed E-state index contributed by atoms with van der Waals surface area (Å²) in [7, 11) is 0. The lowest BCUT2D eigenvalue weighted by Gasteiger charge is -2.07. The first-order valence-corrected chi connectivity index (χ1v) is 7.22. The fourth-order valence-electron chi connectivity index (χ4n) is 2.29. The molecule has 0 aliphatic heterocycles. The number of aromatic nitrogens is 3.